The van der Waals surface area contributed by atoms with Crippen molar-refractivity contribution in [2.45, 2.75) is 31.9 Å². The van der Waals surface area contributed by atoms with Gasteiger partial charge < -0.3 is 15.4 Å². The summed E-state index contributed by atoms with van der Waals surface area (Å²) in [6.45, 7) is 0.465. The molecule has 2 rings (SSSR count). The van der Waals surface area contributed by atoms with Crippen LogP contribution in [0.1, 0.15) is 30.1 Å². The Kier molecular flexibility index (Phi) is 4.54. The van der Waals surface area contributed by atoms with E-state index in [1.54, 1.807) is 12.1 Å². The number of nitrogens with one attached hydrogen (secondary N) is 2. The Bertz CT molecular complexity index is 474. The Morgan fingerprint density at radius 1 is 1.50 bits per heavy atom. The monoisotopic (exact) mass is 284 g/mol. The van der Waals surface area contributed by atoms with Crippen LogP contribution in [0, 0.1) is 0 Å². The minimum absolute atomic E-state index is 0.107. The molecule has 0 spiro atoms. The van der Waals surface area contributed by atoms with Crippen molar-refractivity contribution in [3.8, 4) is 5.75 Å². The number of carbonyl (C=O) groups is 1. The number of hydrogen-bond donors (Lipinski definition) is 2. The van der Waals surface area contributed by atoms with E-state index in [2.05, 4.69) is 15.4 Å². The first-order chi connectivity index (χ1) is 9.50. The minimum atomic E-state index is -2.95. The third kappa shape index (κ3) is 3.66. The number of rotatable bonds is 5. The highest BCUT2D eigenvalue weighted by Gasteiger charge is 2.28. The van der Waals surface area contributed by atoms with E-state index in [1.165, 1.54) is 12.1 Å². The van der Waals surface area contributed by atoms with Crippen molar-refractivity contribution in [1.29, 1.82) is 0 Å². The SMILES string of the molecule is CC1(CNC(=O)c2ccccc2OC(F)F)CCCN1. The van der Waals surface area contributed by atoms with Crippen LogP contribution in [-0.2, 0) is 0 Å². The molecule has 1 aliphatic rings. The summed E-state index contributed by atoms with van der Waals surface area (Å²) in [5, 5.41) is 6.09. The Hall–Kier alpha value is -1.69. The molecule has 2 N–H and O–H groups in total. The lowest BCUT2D eigenvalue weighted by Crippen LogP contribution is -2.47. The smallest absolute Gasteiger partial charge is 0.387 e. The first kappa shape index (κ1) is 14.7. The van der Waals surface area contributed by atoms with Crippen LogP contribution in [0.2, 0.25) is 0 Å². The summed E-state index contributed by atoms with van der Waals surface area (Å²) >= 11 is 0. The van der Waals surface area contributed by atoms with Gasteiger partial charge in [0.25, 0.3) is 5.91 Å². The molecule has 0 saturated carbocycles. The van der Waals surface area contributed by atoms with Crippen LogP contribution in [0.4, 0.5) is 8.78 Å². The minimum Gasteiger partial charge on any atom is -0.434 e. The number of hydrogen-bond acceptors (Lipinski definition) is 3. The van der Waals surface area contributed by atoms with Gasteiger partial charge >= 0.3 is 6.61 Å². The second-order valence-corrected chi connectivity index (χ2v) is 5.15. The van der Waals surface area contributed by atoms with Crippen LogP contribution in [0.25, 0.3) is 0 Å². The molecule has 1 aromatic rings. The zero-order chi connectivity index (χ0) is 14.6. The molecule has 1 atom stereocenters. The lowest BCUT2D eigenvalue weighted by atomic mass is 10.0. The molecule has 20 heavy (non-hydrogen) atoms. The number of ether oxygens (including phenoxy) is 1. The molecule has 1 saturated heterocycles. The van der Waals surface area contributed by atoms with Gasteiger partial charge in [0, 0.05) is 12.1 Å². The molecule has 1 heterocycles. The van der Waals surface area contributed by atoms with E-state index in [1.807, 2.05) is 6.92 Å². The summed E-state index contributed by atoms with van der Waals surface area (Å²) in [6.07, 6.45) is 2.04. The fraction of sp³-hybridized carbons (Fsp3) is 0.500. The van der Waals surface area contributed by atoms with Gasteiger partial charge in [0.15, 0.2) is 0 Å². The van der Waals surface area contributed by atoms with E-state index < -0.39 is 12.5 Å². The van der Waals surface area contributed by atoms with Gasteiger partial charge in [-0.15, -0.1) is 0 Å². The lowest BCUT2D eigenvalue weighted by molar-refractivity contribution is -0.0501. The zero-order valence-electron chi connectivity index (χ0n) is 11.3. The maximum atomic E-state index is 12.3. The largest absolute Gasteiger partial charge is 0.434 e. The number of para-hydroxylation sites is 1. The normalized spacial score (nSPS) is 22.0. The van der Waals surface area contributed by atoms with Crippen LogP contribution >= 0.6 is 0 Å². The fourth-order valence-corrected chi connectivity index (χ4v) is 2.33. The van der Waals surface area contributed by atoms with Crippen molar-refractivity contribution in [2.24, 2.45) is 0 Å². The van der Waals surface area contributed by atoms with Crippen molar-refractivity contribution < 1.29 is 18.3 Å². The van der Waals surface area contributed by atoms with Crippen molar-refractivity contribution >= 4 is 5.91 Å². The molecule has 6 heteroatoms. The Morgan fingerprint density at radius 2 is 2.25 bits per heavy atom. The van der Waals surface area contributed by atoms with Gasteiger partial charge in [-0.25, -0.2) is 0 Å². The second kappa shape index (κ2) is 6.17. The first-order valence-electron chi connectivity index (χ1n) is 6.57. The molecule has 0 radical (unpaired) electrons. The summed E-state index contributed by atoms with van der Waals surface area (Å²) in [7, 11) is 0. The maximum absolute atomic E-state index is 12.3. The number of carbonyl (C=O) groups excluding carboxylic acids is 1. The molecule has 1 aliphatic heterocycles. The maximum Gasteiger partial charge on any atom is 0.387 e. The number of benzene rings is 1. The van der Waals surface area contributed by atoms with Gasteiger partial charge in [-0.1, -0.05) is 12.1 Å². The predicted octanol–water partition coefficient (Wildman–Crippen LogP) is 2.16. The lowest BCUT2D eigenvalue weighted by Gasteiger charge is -2.24. The summed E-state index contributed by atoms with van der Waals surface area (Å²) in [4.78, 5) is 12.1. The average molecular weight is 284 g/mol. The van der Waals surface area contributed by atoms with E-state index in [-0.39, 0.29) is 16.9 Å². The Morgan fingerprint density at radius 3 is 2.90 bits per heavy atom. The number of amides is 1. The van der Waals surface area contributed by atoms with E-state index in [9.17, 15) is 13.6 Å². The van der Waals surface area contributed by atoms with Crippen molar-refractivity contribution in [3.63, 3.8) is 0 Å². The molecule has 1 unspecified atom stereocenters. The second-order valence-electron chi connectivity index (χ2n) is 5.15. The molecule has 110 valence electrons. The molecule has 1 amide bonds. The molecule has 0 aliphatic carbocycles. The Labute approximate surface area is 116 Å². The third-order valence-electron chi connectivity index (χ3n) is 3.44. The molecular weight excluding hydrogens is 266 g/mol. The van der Waals surface area contributed by atoms with Crippen molar-refractivity contribution in [1.82, 2.24) is 10.6 Å². The summed E-state index contributed by atoms with van der Waals surface area (Å²) in [5.74, 6) is -0.513. The van der Waals surface area contributed by atoms with E-state index in [4.69, 9.17) is 0 Å². The van der Waals surface area contributed by atoms with Gasteiger partial charge in [-0.3, -0.25) is 4.79 Å². The number of halogens is 2. The van der Waals surface area contributed by atoms with Crippen LogP contribution in [0.5, 0.6) is 5.75 Å². The van der Waals surface area contributed by atoms with Gasteiger partial charge in [0.05, 0.1) is 5.56 Å². The van der Waals surface area contributed by atoms with E-state index >= 15 is 0 Å². The molecule has 4 nitrogen and oxygen atoms in total. The first-order valence-corrected chi connectivity index (χ1v) is 6.57. The van der Waals surface area contributed by atoms with Crippen LogP contribution in [-0.4, -0.2) is 31.1 Å². The zero-order valence-corrected chi connectivity index (χ0v) is 11.3. The fourth-order valence-electron chi connectivity index (χ4n) is 2.33. The molecule has 0 bridgehead atoms. The van der Waals surface area contributed by atoms with E-state index in [0.29, 0.717) is 6.54 Å². The predicted molar refractivity (Wildman–Crippen MR) is 71.0 cm³/mol. The molecule has 1 fully saturated rings. The van der Waals surface area contributed by atoms with Crippen molar-refractivity contribution in [3.05, 3.63) is 29.8 Å². The highest BCUT2D eigenvalue weighted by Crippen LogP contribution is 2.21. The molecular formula is C14H18F2N2O2. The Balaban J connectivity index is 2.01. The van der Waals surface area contributed by atoms with Gasteiger partial charge in [-0.2, -0.15) is 8.78 Å². The van der Waals surface area contributed by atoms with Crippen molar-refractivity contribution in [2.75, 3.05) is 13.1 Å². The molecule has 1 aromatic carbocycles. The van der Waals surface area contributed by atoms with Gasteiger partial charge in [0.1, 0.15) is 5.75 Å². The topological polar surface area (TPSA) is 50.4 Å². The van der Waals surface area contributed by atoms with Crippen LogP contribution in [0.15, 0.2) is 24.3 Å². The third-order valence-corrected chi connectivity index (χ3v) is 3.44. The van der Waals surface area contributed by atoms with Crippen LogP contribution < -0.4 is 15.4 Å². The summed E-state index contributed by atoms with van der Waals surface area (Å²) < 4.78 is 28.9. The van der Waals surface area contributed by atoms with E-state index in [0.717, 1.165) is 19.4 Å². The standard InChI is InChI=1S/C14H18F2N2O2/c1-14(7-4-8-18-14)9-17-12(19)10-5-2-3-6-11(10)20-13(15)16/h2-3,5-6,13,18H,4,7-9H2,1H3,(H,17,19). The highest BCUT2D eigenvalue weighted by atomic mass is 19.3. The average Bonchev–Trinajstić information content (AvgIpc) is 2.83. The number of alkyl halides is 2. The molecule has 0 aromatic heterocycles. The van der Waals surface area contributed by atoms with Gasteiger partial charge in [0.2, 0.25) is 0 Å². The summed E-state index contributed by atoms with van der Waals surface area (Å²) in [5.41, 5.74) is -0.0110. The highest BCUT2D eigenvalue weighted by molar-refractivity contribution is 5.96. The van der Waals surface area contributed by atoms with Gasteiger partial charge in [-0.05, 0) is 38.4 Å². The van der Waals surface area contributed by atoms with Crippen LogP contribution in [0.3, 0.4) is 0 Å². The quantitative estimate of drug-likeness (QED) is 0.871. The summed E-state index contributed by atoms with van der Waals surface area (Å²) in [6, 6.07) is 5.99.